The number of nitrogens with one attached hydrogen (secondary N) is 1. The minimum absolute atomic E-state index is 0.134. The molecule has 0 aliphatic rings. The molecule has 132 valence electrons. The molecule has 3 rings (SSSR count). The summed E-state index contributed by atoms with van der Waals surface area (Å²) < 4.78 is 1.10. The molecule has 1 atom stereocenters. The summed E-state index contributed by atoms with van der Waals surface area (Å²) in [6.45, 7) is 1.54. The van der Waals surface area contributed by atoms with Crippen molar-refractivity contribution in [1.29, 1.82) is 0 Å². The van der Waals surface area contributed by atoms with Crippen molar-refractivity contribution in [3.8, 4) is 10.6 Å². The van der Waals surface area contributed by atoms with Crippen molar-refractivity contribution in [3.63, 3.8) is 0 Å². The molecule has 0 saturated carbocycles. The Morgan fingerprint density at radius 3 is 2.77 bits per heavy atom. The number of nitro benzene ring substituents is 1. The summed E-state index contributed by atoms with van der Waals surface area (Å²) in [6, 6.07) is 11.4. The van der Waals surface area contributed by atoms with Crippen LogP contribution in [0.4, 0.5) is 11.4 Å². The maximum absolute atomic E-state index is 12.5. The van der Waals surface area contributed by atoms with Gasteiger partial charge in [0.05, 0.1) is 9.80 Å². The largest absolute Gasteiger partial charge is 0.324 e. The molecule has 8 nitrogen and oxygen atoms in total. The van der Waals surface area contributed by atoms with Crippen LogP contribution >= 0.6 is 11.3 Å². The summed E-state index contributed by atoms with van der Waals surface area (Å²) in [4.78, 5) is 35.7. The van der Waals surface area contributed by atoms with Crippen LogP contribution in [-0.2, 0) is 4.79 Å². The fourth-order valence-electron chi connectivity index (χ4n) is 2.31. The van der Waals surface area contributed by atoms with Crippen molar-refractivity contribution in [2.75, 3.05) is 5.32 Å². The first-order valence-corrected chi connectivity index (χ1v) is 8.53. The average Bonchev–Trinajstić information content (AvgIpc) is 3.16. The minimum Gasteiger partial charge on any atom is -0.324 e. The lowest BCUT2D eigenvalue weighted by Gasteiger charge is -2.14. The molecule has 0 radical (unpaired) electrons. The highest BCUT2D eigenvalue weighted by atomic mass is 32.1. The van der Waals surface area contributed by atoms with Crippen LogP contribution in [0.2, 0.25) is 0 Å². The summed E-state index contributed by atoms with van der Waals surface area (Å²) in [7, 11) is 0. The number of thiophene rings is 1. The van der Waals surface area contributed by atoms with Crippen molar-refractivity contribution < 1.29 is 9.72 Å². The first kappa shape index (κ1) is 17.5. The average molecular weight is 370 g/mol. The molecular formula is C17H14N4O4S. The van der Waals surface area contributed by atoms with Gasteiger partial charge in [-0.2, -0.15) is 5.10 Å². The van der Waals surface area contributed by atoms with Crippen molar-refractivity contribution >= 4 is 28.6 Å². The van der Waals surface area contributed by atoms with Gasteiger partial charge in [-0.15, -0.1) is 11.3 Å². The van der Waals surface area contributed by atoms with E-state index in [9.17, 15) is 19.7 Å². The standard InChI is InChI=1S/C17H14N4O4S/c1-11(17(23)18-12-4-2-5-13(10-12)21(24)25)20-16(22)8-7-14(19-20)15-6-3-9-26-15/h2-11H,1H3,(H,18,23). The highest BCUT2D eigenvalue weighted by Crippen LogP contribution is 2.22. The highest BCUT2D eigenvalue weighted by molar-refractivity contribution is 7.13. The molecule has 1 amide bonds. The monoisotopic (exact) mass is 370 g/mol. The molecule has 9 heteroatoms. The van der Waals surface area contributed by atoms with Gasteiger partial charge in [0.25, 0.3) is 11.2 Å². The van der Waals surface area contributed by atoms with E-state index in [4.69, 9.17) is 0 Å². The number of nitrogens with zero attached hydrogens (tertiary/aromatic N) is 3. The molecule has 0 aliphatic heterocycles. The molecular weight excluding hydrogens is 356 g/mol. The third-order valence-corrected chi connectivity index (χ3v) is 4.56. The van der Waals surface area contributed by atoms with E-state index in [-0.39, 0.29) is 11.4 Å². The van der Waals surface area contributed by atoms with E-state index in [1.807, 2.05) is 17.5 Å². The molecule has 0 saturated heterocycles. The summed E-state index contributed by atoms with van der Waals surface area (Å²) in [5.74, 6) is -0.497. The molecule has 0 spiro atoms. The van der Waals surface area contributed by atoms with Crippen molar-refractivity contribution in [3.05, 3.63) is 74.4 Å². The molecule has 1 unspecified atom stereocenters. The van der Waals surface area contributed by atoms with Crippen LogP contribution in [-0.4, -0.2) is 20.6 Å². The quantitative estimate of drug-likeness (QED) is 0.548. The fraction of sp³-hybridized carbons (Fsp3) is 0.118. The predicted octanol–water partition coefficient (Wildman–Crippen LogP) is 3.08. The van der Waals surface area contributed by atoms with Gasteiger partial charge in [-0.05, 0) is 30.5 Å². The number of hydrogen-bond donors (Lipinski definition) is 1. The van der Waals surface area contributed by atoms with Crippen LogP contribution in [0.1, 0.15) is 13.0 Å². The van der Waals surface area contributed by atoms with Gasteiger partial charge in [0, 0.05) is 23.9 Å². The van der Waals surface area contributed by atoms with E-state index >= 15 is 0 Å². The van der Waals surface area contributed by atoms with E-state index in [0.29, 0.717) is 5.69 Å². The number of aromatic nitrogens is 2. The number of benzene rings is 1. The van der Waals surface area contributed by atoms with Crippen LogP contribution in [0.5, 0.6) is 0 Å². The maximum Gasteiger partial charge on any atom is 0.271 e. The van der Waals surface area contributed by atoms with Gasteiger partial charge >= 0.3 is 0 Å². The Balaban J connectivity index is 1.85. The molecule has 0 fully saturated rings. The molecule has 1 N–H and O–H groups in total. The first-order chi connectivity index (χ1) is 12.5. The van der Waals surface area contributed by atoms with Crippen molar-refractivity contribution in [1.82, 2.24) is 9.78 Å². The van der Waals surface area contributed by atoms with Gasteiger partial charge in [0.15, 0.2) is 0 Å². The lowest BCUT2D eigenvalue weighted by atomic mass is 10.2. The lowest BCUT2D eigenvalue weighted by molar-refractivity contribution is -0.384. The van der Waals surface area contributed by atoms with E-state index in [0.717, 1.165) is 9.56 Å². The summed E-state index contributed by atoms with van der Waals surface area (Å²) in [6.07, 6.45) is 0. The third kappa shape index (κ3) is 3.67. The van der Waals surface area contributed by atoms with Gasteiger partial charge in [0.1, 0.15) is 11.7 Å². The summed E-state index contributed by atoms with van der Waals surface area (Å²) in [5.41, 5.74) is 0.325. The molecule has 0 aliphatic carbocycles. The normalized spacial score (nSPS) is 11.7. The summed E-state index contributed by atoms with van der Waals surface area (Å²) >= 11 is 1.48. The molecule has 2 aromatic heterocycles. The highest BCUT2D eigenvalue weighted by Gasteiger charge is 2.19. The zero-order chi connectivity index (χ0) is 18.7. The number of carbonyl (C=O) groups excluding carboxylic acids is 1. The maximum atomic E-state index is 12.5. The third-order valence-electron chi connectivity index (χ3n) is 3.67. The summed E-state index contributed by atoms with van der Waals surface area (Å²) in [5, 5.41) is 19.6. The minimum atomic E-state index is -0.887. The number of hydrogen-bond acceptors (Lipinski definition) is 6. The Hall–Kier alpha value is -3.33. The van der Waals surface area contributed by atoms with Crippen LogP contribution in [0.3, 0.4) is 0 Å². The smallest absolute Gasteiger partial charge is 0.271 e. The number of nitro groups is 1. The van der Waals surface area contributed by atoms with Crippen LogP contribution in [0, 0.1) is 10.1 Å². The number of carbonyl (C=O) groups is 1. The molecule has 26 heavy (non-hydrogen) atoms. The first-order valence-electron chi connectivity index (χ1n) is 7.65. The molecule has 3 aromatic rings. The van der Waals surface area contributed by atoms with Crippen molar-refractivity contribution in [2.45, 2.75) is 13.0 Å². The van der Waals surface area contributed by atoms with E-state index in [2.05, 4.69) is 10.4 Å². The topological polar surface area (TPSA) is 107 Å². The lowest BCUT2D eigenvalue weighted by Crippen LogP contribution is -2.33. The van der Waals surface area contributed by atoms with Crippen LogP contribution < -0.4 is 10.9 Å². The Morgan fingerprint density at radius 1 is 1.27 bits per heavy atom. The molecule has 2 heterocycles. The number of non-ortho nitro benzene ring substituents is 1. The van der Waals surface area contributed by atoms with Gasteiger partial charge < -0.3 is 5.32 Å². The van der Waals surface area contributed by atoms with Gasteiger partial charge in [-0.3, -0.25) is 19.7 Å². The SMILES string of the molecule is CC(C(=O)Nc1cccc([N+](=O)[O-])c1)n1nc(-c2cccs2)ccc1=O. The number of anilines is 1. The zero-order valence-electron chi connectivity index (χ0n) is 13.7. The zero-order valence-corrected chi connectivity index (χ0v) is 14.5. The molecule has 0 bridgehead atoms. The predicted molar refractivity (Wildman–Crippen MR) is 98.2 cm³/mol. The second-order valence-corrected chi connectivity index (χ2v) is 6.40. The Bertz CT molecular complexity index is 1010. The van der Waals surface area contributed by atoms with Crippen molar-refractivity contribution in [2.24, 2.45) is 0 Å². The van der Waals surface area contributed by atoms with E-state index < -0.39 is 22.4 Å². The molecule has 1 aromatic carbocycles. The van der Waals surface area contributed by atoms with Crippen LogP contribution in [0.25, 0.3) is 10.6 Å². The number of rotatable bonds is 5. The second-order valence-electron chi connectivity index (χ2n) is 5.45. The van der Waals surface area contributed by atoms with Crippen LogP contribution in [0.15, 0.2) is 58.7 Å². The van der Waals surface area contributed by atoms with E-state index in [1.54, 1.807) is 13.0 Å². The second kappa shape index (κ2) is 7.28. The Kier molecular flexibility index (Phi) is 4.90. The van der Waals surface area contributed by atoms with Gasteiger partial charge in [-0.25, -0.2) is 4.68 Å². The van der Waals surface area contributed by atoms with Gasteiger partial charge in [0.2, 0.25) is 5.91 Å². The fourth-order valence-corrected chi connectivity index (χ4v) is 3.00. The van der Waals surface area contributed by atoms with Gasteiger partial charge in [-0.1, -0.05) is 12.1 Å². The van der Waals surface area contributed by atoms with E-state index in [1.165, 1.54) is 41.7 Å². The Labute approximate surface area is 151 Å². The number of amides is 1. The Morgan fingerprint density at radius 2 is 2.08 bits per heavy atom.